The fourth-order valence-corrected chi connectivity index (χ4v) is 4.12. The molecule has 9 heteroatoms. The van der Waals surface area contributed by atoms with Gasteiger partial charge in [0, 0.05) is 38.3 Å². The van der Waals surface area contributed by atoms with E-state index in [0.717, 1.165) is 31.5 Å². The van der Waals surface area contributed by atoms with Crippen LogP contribution in [0.15, 0.2) is 12.3 Å². The Morgan fingerprint density at radius 1 is 1.27 bits per heavy atom. The van der Waals surface area contributed by atoms with Crippen molar-refractivity contribution in [3.63, 3.8) is 0 Å². The van der Waals surface area contributed by atoms with Crippen molar-refractivity contribution in [1.82, 2.24) is 9.88 Å². The van der Waals surface area contributed by atoms with Crippen LogP contribution in [0.1, 0.15) is 24.8 Å². The van der Waals surface area contributed by atoms with Gasteiger partial charge in [-0.15, -0.1) is 0 Å². The molecule has 1 saturated heterocycles. The van der Waals surface area contributed by atoms with E-state index in [4.69, 9.17) is 17.3 Å². The van der Waals surface area contributed by atoms with E-state index in [1.54, 1.807) is 0 Å². The summed E-state index contributed by atoms with van der Waals surface area (Å²) in [6.07, 6.45) is -0.765. The molecule has 1 aliphatic carbocycles. The number of nitrogens with zero attached hydrogens (tertiary/aromatic N) is 3. The van der Waals surface area contributed by atoms with E-state index in [0.29, 0.717) is 38.5 Å². The second kappa shape index (κ2) is 7.60. The maximum absolute atomic E-state index is 12.7. The van der Waals surface area contributed by atoms with E-state index < -0.39 is 11.7 Å². The van der Waals surface area contributed by atoms with E-state index >= 15 is 0 Å². The molecule has 0 aromatic carbocycles. The Bertz CT molecular complexity index is 662. The highest BCUT2D eigenvalue weighted by atomic mass is 35.5. The lowest BCUT2D eigenvalue weighted by Gasteiger charge is -2.37. The first-order chi connectivity index (χ1) is 12.3. The van der Waals surface area contributed by atoms with Gasteiger partial charge >= 0.3 is 6.18 Å². The van der Waals surface area contributed by atoms with Crippen molar-refractivity contribution in [3.8, 4) is 0 Å². The summed E-state index contributed by atoms with van der Waals surface area (Å²) in [4.78, 5) is 20.3. The zero-order chi connectivity index (χ0) is 18.9. The number of carbonyl (C=O) groups excluding carboxylic acids is 1. The van der Waals surface area contributed by atoms with E-state index in [2.05, 4.69) is 4.98 Å². The number of hydrogen-bond donors (Lipinski definition) is 1. The van der Waals surface area contributed by atoms with Crippen LogP contribution >= 0.6 is 11.6 Å². The summed E-state index contributed by atoms with van der Waals surface area (Å²) in [7, 11) is 0. The molecule has 2 atom stereocenters. The van der Waals surface area contributed by atoms with Gasteiger partial charge in [0.15, 0.2) is 0 Å². The molecular formula is C17H22ClF3N4O. The highest BCUT2D eigenvalue weighted by molar-refractivity contribution is 6.33. The second-order valence-corrected chi connectivity index (χ2v) is 7.28. The van der Waals surface area contributed by atoms with Crippen molar-refractivity contribution >= 4 is 23.3 Å². The Morgan fingerprint density at radius 3 is 2.54 bits per heavy atom. The van der Waals surface area contributed by atoms with Crippen molar-refractivity contribution in [2.24, 2.45) is 17.6 Å². The average molecular weight is 391 g/mol. The Labute approximate surface area is 155 Å². The van der Waals surface area contributed by atoms with Crippen LogP contribution in [0.2, 0.25) is 5.02 Å². The molecule has 2 fully saturated rings. The normalized spacial score (nSPS) is 24.2. The topological polar surface area (TPSA) is 62.5 Å². The zero-order valence-electron chi connectivity index (χ0n) is 14.3. The third-order valence-electron chi connectivity index (χ3n) is 5.32. The molecule has 0 unspecified atom stereocenters. The number of amides is 1. The lowest BCUT2D eigenvalue weighted by Crippen LogP contribution is -2.51. The summed E-state index contributed by atoms with van der Waals surface area (Å²) < 4.78 is 38.2. The Balaban J connectivity index is 1.63. The molecule has 5 nitrogen and oxygen atoms in total. The summed E-state index contributed by atoms with van der Waals surface area (Å²) in [5.74, 6) is 0.724. The third kappa shape index (κ3) is 3.91. The molecule has 3 rings (SSSR count). The molecule has 0 bridgehead atoms. The van der Waals surface area contributed by atoms with Crippen LogP contribution in [0, 0.1) is 11.8 Å². The molecule has 0 radical (unpaired) electrons. The molecule has 1 aromatic rings. The van der Waals surface area contributed by atoms with Gasteiger partial charge < -0.3 is 15.5 Å². The van der Waals surface area contributed by atoms with Crippen molar-refractivity contribution in [1.29, 1.82) is 0 Å². The first kappa shape index (κ1) is 19.2. The number of rotatable bonds is 3. The molecule has 1 aromatic heterocycles. The standard InChI is InChI=1S/C17H22ClF3N4O/c18-14-8-12(17(19,20)21)10-23-15(14)24-4-6-25(7-5-24)16(26)13-3-1-2-11(13)9-22/h8,10-11,13H,1-7,9,22H2/t11-,13-/m1/s1. The molecule has 144 valence electrons. The first-order valence-corrected chi connectivity index (χ1v) is 9.15. The lowest BCUT2D eigenvalue weighted by molar-refractivity contribution is -0.138. The molecule has 1 aliphatic heterocycles. The lowest BCUT2D eigenvalue weighted by atomic mass is 9.94. The van der Waals surface area contributed by atoms with Crippen LogP contribution < -0.4 is 10.6 Å². The van der Waals surface area contributed by atoms with E-state index in [1.807, 2.05) is 9.80 Å². The number of anilines is 1. The maximum atomic E-state index is 12.7. The van der Waals surface area contributed by atoms with Crippen molar-refractivity contribution in [3.05, 3.63) is 22.8 Å². The predicted octanol–water partition coefficient (Wildman–Crippen LogP) is 2.78. The van der Waals surface area contributed by atoms with Crippen LogP contribution in [-0.2, 0) is 11.0 Å². The molecular weight excluding hydrogens is 369 g/mol. The first-order valence-electron chi connectivity index (χ1n) is 8.78. The molecule has 26 heavy (non-hydrogen) atoms. The largest absolute Gasteiger partial charge is 0.417 e. The SMILES string of the molecule is NC[C@H]1CCC[C@H]1C(=O)N1CCN(c2ncc(C(F)(F)F)cc2Cl)CC1. The average Bonchev–Trinajstić information content (AvgIpc) is 3.09. The third-order valence-corrected chi connectivity index (χ3v) is 5.60. The summed E-state index contributed by atoms with van der Waals surface area (Å²) in [5.41, 5.74) is 4.90. The van der Waals surface area contributed by atoms with Gasteiger partial charge in [0.1, 0.15) is 5.82 Å². The van der Waals surface area contributed by atoms with Gasteiger partial charge in [-0.1, -0.05) is 18.0 Å². The number of pyridine rings is 1. The number of halogens is 4. The van der Waals surface area contributed by atoms with Crippen LogP contribution in [0.3, 0.4) is 0 Å². The fraction of sp³-hybridized carbons (Fsp3) is 0.647. The minimum absolute atomic E-state index is 0.000618. The Hall–Kier alpha value is -1.54. The van der Waals surface area contributed by atoms with Gasteiger partial charge in [-0.3, -0.25) is 4.79 Å². The summed E-state index contributed by atoms with van der Waals surface area (Å²) in [6.45, 7) is 2.52. The highest BCUT2D eigenvalue weighted by Crippen LogP contribution is 2.35. The molecule has 0 spiro atoms. The van der Waals surface area contributed by atoms with Gasteiger partial charge in [0.2, 0.25) is 5.91 Å². The summed E-state index contributed by atoms with van der Waals surface area (Å²) in [5, 5.41) is -0.0291. The molecule has 2 aliphatic rings. The summed E-state index contributed by atoms with van der Waals surface area (Å²) >= 11 is 6.01. The van der Waals surface area contributed by atoms with E-state index in [-0.39, 0.29) is 22.8 Å². The fourth-order valence-electron chi connectivity index (χ4n) is 3.84. The molecule has 2 heterocycles. The van der Waals surface area contributed by atoms with Gasteiger partial charge in [0.05, 0.1) is 10.6 Å². The van der Waals surface area contributed by atoms with Gasteiger partial charge in [-0.25, -0.2) is 4.98 Å². The van der Waals surface area contributed by atoms with Crippen LogP contribution in [-0.4, -0.2) is 48.5 Å². The number of nitrogens with two attached hydrogens (primary N) is 1. The van der Waals surface area contributed by atoms with Crippen molar-refractivity contribution in [2.45, 2.75) is 25.4 Å². The minimum Gasteiger partial charge on any atom is -0.352 e. The zero-order valence-corrected chi connectivity index (χ0v) is 15.1. The number of carbonyl (C=O) groups is 1. The number of piperazine rings is 1. The minimum atomic E-state index is -4.47. The number of aromatic nitrogens is 1. The summed E-state index contributed by atoms with van der Waals surface area (Å²) in [6, 6.07) is 0.895. The Kier molecular flexibility index (Phi) is 5.62. The predicted molar refractivity (Wildman–Crippen MR) is 92.9 cm³/mol. The van der Waals surface area contributed by atoms with E-state index in [1.165, 1.54) is 0 Å². The van der Waals surface area contributed by atoms with Crippen LogP contribution in [0.5, 0.6) is 0 Å². The monoisotopic (exact) mass is 390 g/mol. The van der Waals surface area contributed by atoms with Crippen LogP contribution in [0.4, 0.5) is 19.0 Å². The highest BCUT2D eigenvalue weighted by Gasteiger charge is 2.36. The van der Waals surface area contributed by atoms with Gasteiger partial charge in [-0.05, 0) is 31.4 Å². The quantitative estimate of drug-likeness (QED) is 0.862. The van der Waals surface area contributed by atoms with Crippen LogP contribution in [0.25, 0.3) is 0 Å². The smallest absolute Gasteiger partial charge is 0.352 e. The van der Waals surface area contributed by atoms with E-state index in [9.17, 15) is 18.0 Å². The van der Waals surface area contributed by atoms with Crippen molar-refractivity contribution < 1.29 is 18.0 Å². The molecule has 1 saturated carbocycles. The molecule has 1 amide bonds. The second-order valence-electron chi connectivity index (χ2n) is 6.87. The molecule has 2 N–H and O–H groups in total. The number of hydrogen-bond acceptors (Lipinski definition) is 4. The van der Waals surface area contributed by atoms with Gasteiger partial charge in [-0.2, -0.15) is 13.2 Å². The Morgan fingerprint density at radius 2 is 1.96 bits per heavy atom. The number of alkyl halides is 3. The van der Waals surface area contributed by atoms with Crippen molar-refractivity contribution in [2.75, 3.05) is 37.6 Å². The maximum Gasteiger partial charge on any atom is 0.417 e. The van der Waals surface area contributed by atoms with Gasteiger partial charge in [0.25, 0.3) is 0 Å².